The van der Waals surface area contributed by atoms with Crippen LogP contribution in [-0.2, 0) is 11.3 Å². The second kappa shape index (κ2) is 6.55. The third-order valence-corrected chi connectivity index (χ3v) is 3.94. The molecule has 6 nitrogen and oxygen atoms in total. The van der Waals surface area contributed by atoms with Crippen LogP contribution >= 0.6 is 22.9 Å². The van der Waals surface area contributed by atoms with E-state index >= 15 is 0 Å². The van der Waals surface area contributed by atoms with Crippen LogP contribution < -0.4 is 5.32 Å². The maximum atomic E-state index is 11.7. The number of anilines is 1. The Morgan fingerprint density at radius 2 is 2.19 bits per heavy atom. The van der Waals surface area contributed by atoms with Crippen molar-refractivity contribution in [2.75, 3.05) is 12.4 Å². The van der Waals surface area contributed by atoms with E-state index in [0.29, 0.717) is 22.8 Å². The van der Waals surface area contributed by atoms with Gasteiger partial charge in [-0.2, -0.15) is 0 Å². The van der Waals surface area contributed by atoms with Crippen LogP contribution in [0.25, 0.3) is 0 Å². The van der Waals surface area contributed by atoms with Gasteiger partial charge in [0.1, 0.15) is 0 Å². The van der Waals surface area contributed by atoms with Gasteiger partial charge in [0.15, 0.2) is 0 Å². The van der Waals surface area contributed by atoms with Crippen molar-refractivity contribution in [2.24, 2.45) is 0 Å². The van der Waals surface area contributed by atoms with Crippen molar-refractivity contribution in [3.63, 3.8) is 0 Å². The zero-order valence-corrected chi connectivity index (χ0v) is 12.5. The van der Waals surface area contributed by atoms with Crippen molar-refractivity contribution in [3.05, 3.63) is 55.9 Å². The summed E-state index contributed by atoms with van der Waals surface area (Å²) in [6, 6.07) is 7.87. The number of hydrogen-bond donors (Lipinski definition) is 1. The zero-order valence-electron chi connectivity index (χ0n) is 11.0. The number of rotatable bonds is 5. The van der Waals surface area contributed by atoms with Gasteiger partial charge in [-0.15, -0.1) is 0 Å². The van der Waals surface area contributed by atoms with Crippen molar-refractivity contribution in [1.29, 1.82) is 0 Å². The Hall–Kier alpha value is -2.12. The van der Waals surface area contributed by atoms with Crippen molar-refractivity contribution >= 4 is 39.6 Å². The minimum Gasteiger partial charge on any atom is -0.465 e. The third-order valence-electron chi connectivity index (χ3n) is 2.67. The lowest BCUT2D eigenvalue weighted by Crippen LogP contribution is -2.07. The Balaban J connectivity index is 2.16. The Morgan fingerprint density at radius 3 is 2.81 bits per heavy atom. The Bertz CT molecular complexity index is 687. The predicted octanol–water partition coefficient (Wildman–Crippen LogP) is 3.71. The maximum Gasteiger partial charge on any atom is 0.339 e. The molecule has 0 aliphatic carbocycles. The van der Waals surface area contributed by atoms with E-state index in [-0.39, 0.29) is 5.00 Å². The average molecular weight is 327 g/mol. The predicted molar refractivity (Wildman–Crippen MR) is 81.1 cm³/mol. The highest BCUT2D eigenvalue weighted by Gasteiger charge is 2.13. The maximum absolute atomic E-state index is 11.7. The molecule has 1 N–H and O–H groups in total. The SMILES string of the molecule is COC(=O)c1ccc(Cl)cc1NCc1ccc([N+](=O)[O-])s1. The van der Waals surface area contributed by atoms with E-state index in [1.165, 1.54) is 13.2 Å². The van der Waals surface area contributed by atoms with Gasteiger partial charge < -0.3 is 10.1 Å². The van der Waals surface area contributed by atoms with Gasteiger partial charge in [-0.1, -0.05) is 22.9 Å². The van der Waals surface area contributed by atoms with E-state index < -0.39 is 10.9 Å². The van der Waals surface area contributed by atoms with E-state index in [4.69, 9.17) is 16.3 Å². The Morgan fingerprint density at radius 1 is 1.43 bits per heavy atom. The summed E-state index contributed by atoms with van der Waals surface area (Å²) in [5.41, 5.74) is 0.873. The number of halogens is 1. The van der Waals surface area contributed by atoms with Gasteiger partial charge >= 0.3 is 11.0 Å². The quantitative estimate of drug-likeness (QED) is 0.514. The van der Waals surface area contributed by atoms with Gasteiger partial charge in [-0.3, -0.25) is 10.1 Å². The molecule has 0 aliphatic heterocycles. The summed E-state index contributed by atoms with van der Waals surface area (Å²) in [7, 11) is 1.29. The zero-order chi connectivity index (χ0) is 15.4. The molecule has 0 saturated heterocycles. The first-order valence-corrected chi connectivity index (χ1v) is 7.05. The molecule has 0 fully saturated rings. The molecule has 0 amide bonds. The lowest BCUT2D eigenvalue weighted by Gasteiger charge is -2.10. The van der Waals surface area contributed by atoms with Crippen molar-refractivity contribution < 1.29 is 14.5 Å². The molecular weight excluding hydrogens is 316 g/mol. The standard InChI is InChI=1S/C13H11ClN2O4S/c1-20-13(17)10-4-2-8(14)6-11(10)15-7-9-3-5-12(21-9)16(18)19/h2-6,15H,7H2,1H3. The van der Waals surface area contributed by atoms with Crippen LogP contribution in [-0.4, -0.2) is 18.0 Å². The van der Waals surface area contributed by atoms with E-state index in [2.05, 4.69) is 5.32 Å². The van der Waals surface area contributed by atoms with Gasteiger partial charge in [-0.05, 0) is 24.3 Å². The summed E-state index contributed by atoms with van der Waals surface area (Å²) in [5.74, 6) is -0.480. The fraction of sp³-hybridized carbons (Fsp3) is 0.154. The van der Waals surface area contributed by atoms with Crippen LogP contribution in [0.3, 0.4) is 0 Å². The van der Waals surface area contributed by atoms with Crippen LogP contribution in [0.15, 0.2) is 30.3 Å². The fourth-order valence-electron chi connectivity index (χ4n) is 1.69. The molecule has 0 atom stereocenters. The van der Waals surface area contributed by atoms with Gasteiger partial charge in [-0.25, -0.2) is 4.79 Å². The molecule has 1 aromatic carbocycles. The molecule has 0 aliphatic rings. The van der Waals surface area contributed by atoms with Crippen molar-refractivity contribution in [3.8, 4) is 0 Å². The van der Waals surface area contributed by atoms with Crippen LogP contribution in [0.1, 0.15) is 15.2 Å². The molecule has 1 aromatic heterocycles. The summed E-state index contributed by atoms with van der Waals surface area (Å²) in [4.78, 5) is 22.6. The molecule has 21 heavy (non-hydrogen) atoms. The number of esters is 1. The van der Waals surface area contributed by atoms with Crippen molar-refractivity contribution in [2.45, 2.75) is 6.54 Å². The summed E-state index contributed by atoms with van der Waals surface area (Å²) >= 11 is 6.99. The minimum absolute atomic E-state index is 0.0751. The topological polar surface area (TPSA) is 81.5 Å². The lowest BCUT2D eigenvalue weighted by atomic mass is 10.2. The number of ether oxygens (including phenoxy) is 1. The molecule has 0 radical (unpaired) electrons. The monoisotopic (exact) mass is 326 g/mol. The molecule has 110 valence electrons. The largest absolute Gasteiger partial charge is 0.465 e. The summed E-state index contributed by atoms with van der Waals surface area (Å²) < 4.78 is 4.70. The molecule has 2 aromatic rings. The summed E-state index contributed by atoms with van der Waals surface area (Å²) in [6.07, 6.45) is 0. The van der Waals surface area contributed by atoms with Crippen LogP contribution in [0.4, 0.5) is 10.7 Å². The Kier molecular flexibility index (Phi) is 4.77. The van der Waals surface area contributed by atoms with Gasteiger partial charge in [0.05, 0.1) is 23.3 Å². The molecule has 8 heteroatoms. The van der Waals surface area contributed by atoms with E-state index in [1.807, 2.05) is 0 Å². The number of benzene rings is 1. The minimum atomic E-state index is -0.480. The number of carbonyl (C=O) groups is 1. The molecule has 0 spiro atoms. The van der Waals surface area contributed by atoms with E-state index in [1.54, 1.807) is 24.3 Å². The van der Waals surface area contributed by atoms with Crippen LogP contribution in [0, 0.1) is 10.1 Å². The number of thiophene rings is 1. The number of methoxy groups -OCH3 is 1. The molecular formula is C13H11ClN2O4S. The van der Waals surface area contributed by atoms with E-state index in [0.717, 1.165) is 16.2 Å². The number of nitrogens with zero attached hydrogens (tertiary/aromatic N) is 1. The van der Waals surface area contributed by atoms with Crippen molar-refractivity contribution in [1.82, 2.24) is 0 Å². The molecule has 0 saturated carbocycles. The smallest absolute Gasteiger partial charge is 0.339 e. The molecule has 0 bridgehead atoms. The number of nitrogens with one attached hydrogen (secondary N) is 1. The molecule has 1 heterocycles. The number of carbonyl (C=O) groups excluding carboxylic acids is 1. The highest BCUT2D eigenvalue weighted by atomic mass is 35.5. The summed E-state index contributed by atoms with van der Waals surface area (Å²) in [6.45, 7) is 0.350. The second-order valence-electron chi connectivity index (χ2n) is 4.03. The van der Waals surface area contributed by atoms with Crippen LogP contribution in [0.2, 0.25) is 5.02 Å². The van der Waals surface area contributed by atoms with Gasteiger partial charge in [0, 0.05) is 22.5 Å². The second-order valence-corrected chi connectivity index (χ2v) is 5.62. The number of hydrogen-bond acceptors (Lipinski definition) is 6. The first kappa shape index (κ1) is 15.3. The van der Waals surface area contributed by atoms with Gasteiger partial charge in [0.2, 0.25) is 0 Å². The molecule has 0 unspecified atom stereocenters. The first-order valence-electron chi connectivity index (χ1n) is 5.86. The van der Waals surface area contributed by atoms with E-state index in [9.17, 15) is 14.9 Å². The summed E-state index contributed by atoms with van der Waals surface area (Å²) in [5, 5.41) is 14.2. The highest BCUT2D eigenvalue weighted by molar-refractivity contribution is 7.15. The fourth-order valence-corrected chi connectivity index (χ4v) is 2.62. The lowest BCUT2D eigenvalue weighted by molar-refractivity contribution is -0.380. The number of nitro groups is 1. The molecule has 2 rings (SSSR count). The third kappa shape index (κ3) is 3.71. The van der Waals surface area contributed by atoms with Crippen LogP contribution in [0.5, 0.6) is 0 Å². The highest BCUT2D eigenvalue weighted by Crippen LogP contribution is 2.26. The first-order chi connectivity index (χ1) is 10.0. The van der Waals surface area contributed by atoms with Gasteiger partial charge in [0.25, 0.3) is 0 Å². The Labute approximate surface area is 129 Å². The average Bonchev–Trinajstić information content (AvgIpc) is 2.93. The normalized spacial score (nSPS) is 10.2.